The number of carbonyl (C=O) groups is 3. The summed E-state index contributed by atoms with van der Waals surface area (Å²) >= 11 is 0. The number of amides is 2. The van der Waals surface area contributed by atoms with Gasteiger partial charge in [-0.2, -0.15) is 0 Å². The Bertz CT molecular complexity index is 798. The summed E-state index contributed by atoms with van der Waals surface area (Å²) in [6.45, 7) is 2.61. The van der Waals surface area contributed by atoms with Crippen LogP contribution in [0.1, 0.15) is 50.6 Å². The first kappa shape index (κ1) is 20.4. The fraction of sp³-hybridized carbons (Fsp3) is 0.381. The number of carboxylic acid groups (broad SMARTS) is 1. The van der Waals surface area contributed by atoms with Crippen LogP contribution in [-0.2, 0) is 14.4 Å². The Morgan fingerprint density at radius 3 is 2.44 bits per heavy atom. The molecule has 2 aromatic rings. The maximum Gasteiger partial charge on any atom is 0.305 e. The molecule has 2 aromatic carbocycles. The van der Waals surface area contributed by atoms with E-state index in [1.54, 1.807) is 0 Å². The van der Waals surface area contributed by atoms with Crippen LogP contribution in [0, 0.1) is 0 Å². The second kappa shape index (κ2) is 10.3. The number of carboxylic acids is 1. The number of rotatable bonds is 10. The van der Waals surface area contributed by atoms with Crippen molar-refractivity contribution in [2.45, 2.75) is 45.1 Å². The number of nitrogens with one attached hydrogen (secondary N) is 2. The Hall–Kier alpha value is -2.89. The van der Waals surface area contributed by atoms with Crippen LogP contribution in [0.5, 0.6) is 0 Å². The van der Waals surface area contributed by atoms with Gasteiger partial charge in [0.2, 0.25) is 11.8 Å². The van der Waals surface area contributed by atoms with Gasteiger partial charge in [-0.25, -0.2) is 0 Å². The van der Waals surface area contributed by atoms with Crippen LogP contribution >= 0.6 is 0 Å². The molecule has 6 nitrogen and oxygen atoms in total. The third kappa shape index (κ3) is 6.40. The Balaban J connectivity index is 2.03. The third-order valence-electron chi connectivity index (χ3n) is 4.29. The van der Waals surface area contributed by atoms with Gasteiger partial charge in [-0.15, -0.1) is 0 Å². The molecule has 0 spiro atoms. The van der Waals surface area contributed by atoms with Gasteiger partial charge >= 0.3 is 5.97 Å². The highest BCUT2D eigenvalue weighted by Crippen LogP contribution is 2.26. The van der Waals surface area contributed by atoms with Crippen LogP contribution in [0.25, 0.3) is 10.8 Å². The predicted octanol–water partition coefficient (Wildman–Crippen LogP) is 3.17. The molecular formula is C21H26N2O4. The monoisotopic (exact) mass is 370 g/mol. The molecule has 0 aliphatic carbocycles. The SMILES string of the molecule is CCCNC(=O)CCCC(=O)N[C@H](CC(=O)O)c1cccc2ccccc12. The molecule has 27 heavy (non-hydrogen) atoms. The van der Waals surface area contributed by atoms with E-state index in [-0.39, 0.29) is 31.1 Å². The summed E-state index contributed by atoms with van der Waals surface area (Å²) in [4.78, 5) is 35.2. The van der Waals surface area contributed by atoms with E-state index < -0.39 is 12.0 Å². The molecule has 0 saturated heterocycles. The summed E-state index contributed by atoms with van der Waals surface area (Å²) in [7, 11) is 0. The Morgan fingerprint density at radius 2 is 1.70 bits per heavy atom. The number of carbonyl (C=O) groups excluding carboxylic acids is 2. The average Bonchev–Trinajstić information content (AvgIpc) is 2.65. The zero-order chi connectivity index (χ0) is 19.6. The summed E-state index contributed by atoms with van der Waals surface area (Å²) in [5, 5.41) is 16.8. The lowest BCUT2D eigenvalue weighted by Gasteiger charge is -2.19. The van der Waals surface area contributed by atoms with Gasteiger partial charge in [-0.3, -0.25) is 14.4 Å². The first-order valence-electron chi connectivity index (χ1n) is 9.26. The molecule has 2 rings (SSSR count). The highest BCUT2D eigenvalue weighted by atomic mass is 16.4. The molecule has 2 amide bonds. The van der Waals surface area contributed by atoms with Crippen molar-refractivity contribution in [2.24, 2.45) is 0 Å². The Morgan fingerprint density at radius 1 is 1.00 bits per heavy atom. The molecule has 3 N–H and O–H groups in total. The molecule has 144 valence electrons. The average molecular weight is 370 g/mol. The van der Waals surface area contributed by atoms with Crippen molar-refractivity contribution in [1.82, 2.24) is 10.6 Å². The van der Waals surface area contributed by atoms with Gasteiger partial charge in [-0.1, -0.05) is 49.4 Å². The third-order valence-corrected chi connectivity index (χ3v) is 4.29. The number of fused-ring (bicyclic) bond motifs is 1. The van der Waals surface area contributed by atoms with Gasteiger partial charge in [0.25, 0.3) is 0 Å². The molecule has 0 bridgehead atoms. The van der Waals surface area contributed by atoms with E-state index >= 15 is 0 Å². The normalized spacial score (nSPS) is 11.7. The van der Waals surface area contributed by atoms with E-state index in [2.05, 4.69) is 10.6 Å². The van der Waals surface area contributed by atoms with E-state index in [9.17, 15) is 19.5 Å². The largest absolute Gasteiger partial charge is 0.481 e. The fourth-order valence-electron chi connectivity index (χ4n) is 3.00. The number of hydrogen-bond donors (Lipinski definition) is 3. The van der Waals surface area contributed by atoms with Crippen molar-refractivity contribution in [1.29, 1.82) is 0 Å². The van der Waals surface area contributed by atoms with Crippen LogP contribution in [0.2, 0.25) is 0 Å². The lowest BCUT2D eigenvalue weighted by Crippen LogP contribution is -2.30. The van der Waals surface area contributed by atoms with E-state index in [0.717, 1.165) is 22.8 Å². The minimum atomic E-state index is -0.979. The standard InChI is InChI=1S/C21H26N2O4/c1-2-13-22-19(24)11-6-12-20(25)23-18(14-21(26)27)17-10-5-8-15-7-3-4-9-16(15)17/h3-5,7-10,18H,2,6,11-14H2,1H3,(H,22,24)(H,23,25)(H,26,27)/t18-/m1/s1. The van der Waals surface area contributed by atoms with Gasteiger partial charge in [0.15, 0.2) is 0 Å². The quantitative estimate of drug-likeness (QED) is 0.599. The van der Waals surface area contributed by atoms with E-state index in [1.165, 1.54) is 0 Å². The van der Waals surface area contributed by atoms with Crippen LogP contribution in [0.15, 0.2) is 42.5 Å². The summed E-state index contributed by atoms with van der Waals surface area (Å²) in [5.74, 6) is -1.30. The molecule has 0 saturated carbocycles. The van der Waals surface area contributed by atoms with E-state index in [1.807, 2.05) is 49.4 Å². The summed E-state index contributed by atoms with van der Waals surface area (Å²) in [6.07, 6.45) is 1.56. The molecule has 0 aromatic heterocycles. The fourth-order valence-corrected chi connectivity index (χ4v) is 3.00. The van der Waals surface area contributed by atoms with Gasteiger partial charge in [0.1, 0.15) is 0 Å². The molecular weight excluding hydrogens is 344 g/mol. The lowest BCUT2D eigenvalue weighted by atomic mass is 9.96. The van der Waals surface area contributed by atoms with Crippen LogP contribution in [-0.4, -0.2) is 29.4 Å². The minimum Gasteiger partial charge on any atom is -0.481 e. The highest BCUT2D eigenvalue weighted by Gasteiger charge is 2.20. The molecule has 0 fully saturated rings. The Kier molecular flexibility index (Phi) is 7.79. The molecule has 0 aliphatic heterocycles. The van der Waals surface area contributed by atoms with Crippen molar-refractivity contribution in [2.75, 3.05) is 6.54 Å². The maximum absolute atomic E-state index is 12.3. The van der Waals surface area contributed by atoms with Gasteiger partial charge in [0.05, 0.1) is 12.5 Å². The first-order valence-corrected chi connectivity index (χ1v) is 9.26. The lowest BCUT2D eigenvalue weighted by molar-refractivity contribution is -0.137. The Labute approximate surface area is 159 Å². The van der Waals surface area contributed by atoms with Crippen LogP contribution in [0.3, 0.4) is 0 Å². The van der Waals surface area contributed by atoms with Gasteiger partial charge < -0.3 is 15.7 Å². The molecule has 0 aliphatic rings. The summed E-state index contributed by atoms with van der Waals surface area (Å²) in [6, 6.07) is 12.7. The second-order valence-corrected chi connectivity index (χ2v) is 6.49. The minimum absolute atomic E-state index is 0.0687. The topological polar surface area (TPSA) is 95.5 Å². The molecule has 0 unspecified atom stereocenters. The summed E-state index contributed by atoms with van der Waals surface area (Å²) < 4.78 is 0. The number of hydrogen-bond acceptors (Lipinski definition) is 3. The molecule has 0 heterocycles. The van der Waals surface area contributed by atoms with Crippen molar-refractivity contribution in [3.05, 3.63) is 48.0 Å². The van der Waals surface area contributed by atoms with Crippen molar-refractivity contribution in [3.8, 4) is 0 Å². The summed E-state index contributed by atoms with van der Waals surface area (Å²) in [5.41, 5.74) is 0.782. The first-order chi connectivity index (χ1) is 13.0. The van der Waals surface area contributed by atoms with E-state index in [4.69, 9.17) is 0 Å². The molecule has 0 radical (unpaired) electrons. The van der Waals surface area contributed by atoms with E-state index in [0.29, 0.717) is 13.0 Å². The smallest absolute Gasteiger partial charge is 0.305 e. The second-order valence-electron chi connectivity index (χ2n) is 6.49. The van der Waals surface area contributed by atoms with Crippen molar-refractivity contribution in [3.63, 3.8) is 0 Å². The highest BCUT2D eigenvalue weighted by molar-refractivity contribution is 5.87. The van der Waals surface area contributed by atoms with Crippen molar-refractivity contribution >= 4 is 28.6 Å². The number of aliphatic carboxylic acids is 1. The van der Waals surface area contributed by atoms with Crippen LogP contribution < -0.4 is 10.6 Å². The predicted molar refractivity (Wildman–Crippen MR) is 104 cm³/mol. The van der Waals surface area contributed by atoms with Gasteiger partial charge in [-0.05, 0) is 29.2 Å². The maximum atomic E-state index is 12.3. The van der Waals surface area contributed by atoms with Crippen molar-refractivity contribution < 1.29 is 19.5 Å². The van der Waals surface area contributed by atoms with Gasteiger partial charge in [0, 0.05) is 19.4 Å². The zero-order valence-electron chi connectivity index (χ0n) is 15.5. The van der Waals surface area contributed by atoms with Crippen LogP contribution in [0.4, 0.5) is 0 Å². The number of benzene rings is 2. The molecule has 6 heteroatoms. The zero-order valence-corrected chi connectivity index (χ0v) is 15.5. The molecule has 1 atom stereocenters.